The molecule has 0 aromatic carbocycles. The van der Waals surface area contributed by atoms with E-state index in [1.807, 2.05) is 14.1 Å². The molecule has 0 aliphatic rings. The van der Waals surface area contributed by atoms with Gasteiger partial charge in [-0.05, 0) is 14.1 Å². The van der Waals surface area contributed by atoms with E-state index in [0.717, 1.165) is 0 Å². The minimum absolute atomic E-state index is 1.88. The van der Waals surface area contributed by atoms with E-state index in [4.69, 9.17) is 4.55 Å². The second-order valence-corrected chi connectivity index (χ2v) is 6.98. The Bertz CT molecular complexity index is 608. The van der Waals surface area contributed by atoms with Gasteiger partial charge < -0.3 is 5.32 Å². The van der Waals surface area contributed by atoms with Crippen LogP contribution in [0.1, 0.15) is 0 Å². The number of rotatable bonds is 10. The monoisotopic (exact) mass is 501 g/mol. The highest BCUT2D eigenvalue weighted by atomic mass is 32.2. The van der Waals surface area contributed by atoms with E-state index in [0.29, 0.717) is 0 Å². The van der Waals surface area contributed by atoms with Crippen LogP contribution in [0.15, 0.2) is 0 Å². The second kappa shape index (κ2) is 11.5. The molecule has 0 fully saturated rings. The summed E-state index contributed by atoms with van der Waals surface area (Å²) in [5, 5.41) is 2.75. The van der Waals surface area contributed by atoms with Crippen LogP contribution in [-0.2, 0) is 10.1 Å². The molecule has 0 heterocycles. The average molecular weight is 501 g/mol. The lowest BCUT2D eigenvalue weighted by Gasteiger charge is -2.32. The summed E-state index contributed by atoms with van der Waals surface area (Å²) in [5.74, 6) is -13.5. The van der Waals surface area contributed by atoms with Crippen LogP contribution in [0.3, 0.4) is 0 Å². The summed E-state index contributed by atoms with van der Waals surface area (Å²) in [5.41, 5.74) is -5.24. The van der Waals surface area contributed by atoms with Gasteiger partial charge in [-0.25, -0.2) is 39.5 Å². The van der Waals surface area contributed by atoms with Gasteiger partial charge in [0.15, 0.2) is 30.9 Å². The van der Waals surface area contributed by atoms with Crippen LogP contribution in [0.2, 0.25) is 0 Å². The third-order valence-electron chi connectivity index (χ3n) is 3.07. The molecule has 30 heavy (non-hydrogen) atoms. The van der Waals surface area contributed by atoms with Crippen molar-refractivity contribution < 1.29 is 70.0 Å². The zero-order chi connectivity index (χ0) is 24.8. The van der Waals surface area contributed by atoms with E-state index in [1.165, 1.54) is 0 Å². The van der Waals surface area contributed by atoms with Crippen LogP contribution >= 0.6 is 0 Å². The fraction of sp³-hybridized carbons (Fsp3) is 1.00. The Morgan fingerprint density at radius 1 is 0.667 bits per heavy atom. The summed E-state index contributed by atoms with van der Waals surface area (Å²) >= 11 is 0. The Morgan fingerprint density at radius 3 is 1.27 bits per heavy atom. The van der Waals surface area contributed by atoms with Gasteiger partial charge in [0.1, 0.15) is 0 Å². The number of hydrogen-bond donors (Lipinski definition) is 2. The van der Waals surface area contributed by atoms with Crippen molar-refractivity contribution >= 4 is 10.1 Å². The number of hydrogen-bond acceptors (Lipinski definition) is 3. The van der Waals surface area contributed by atoms with Gasteiger partial charge in [-0.3, -0.25) is 4.55 Å². The largest absolute Gasteiger partial charge is 0.360 e. The summed E-state index contributed by atoms with van der Waals surface area (Å²) in [6.45, 7) is 0. The Hall–Kier alpha value is -1.04. The van der Waals surface area contributed by atoms with Gasteiger partial charge in [-0.15, -0.1) is 0 Å². The van der Waals surface area contributed by atoms with Crippen molar-refractivity contribution in [3.8, 4) is 0 Å². The third kappa shape index (κ3) is 7.28. The molecule has 0 saturated heterocycles. The Labute approximate surface area is 161 Å². The molecule has 0 rings (SSSR count). The third-order valence-corrected chi connectivity index (χ3v) is 3.89. The summed E-state index contributed by atoms with van der Waals surface area (Å²) in [6.07, 6.45) is -31.7. The van der Waals surface area contributed by atoms with Crippen LogP contribution in [0.5, 0.6) is 0 Å². The lowest BCUT2D eigenvalue weighted by atomic mass is 9.96. The molecule has 0 aromatic rings. The van der Waals surface area contributed by atoms with E-state index in [1.54, 1.807) is 0 Å². The molecule has 0 aliphatic heterocycles. The lowest BCUT2D eigenvalue weighted by molar-refractivity contribution is -0.264. The molecular formula is C12H16F13NO3S. The Balaban J connectivity index is 0. The Kier molecular flexibility index (Phi) is 12.0. The van der Waals surface area contributed by atoms with Gasteiger partial charge in [0, 0.05) is 0 Å². The van der Waals surface area contributed by atoms with Gasteiger partial charge in [-0.1, -0.05) is 0 Å². The number of alkyl halides is 13. The van der Waals surface area contributed by atoms with Crippen LogP contribution in [0.4, 0.5) is 57.1 Å². The SMILES string of the molecule is CNC.O=S(=O)(O)C(F)C(F)(F)C(F)(F)C(F)C(F)C(F)C(F)C(F)C(F)C(F)F. The number of halogens is 13. The molecule has 7 unspecified atom stereocenters. The lowest BCUT2D eigenvalue weighted by Crippen LogP contribution is -2.59. The fourth-order valence-corrected chi connectivity index (χ4v) is 2.08. The van der Waals surface area contributed by atoms with Crippen molar-refractivity contribution in [3.05, 3.63) is 0 Å². The van der Waals surface area contributed by atoms with Crippen molar-refractivity contribution in [2.24, 2.45) is 0 Å². The van der Waals surface area contributed by atoms with Gasteiger partial charge >= 0.3 is 22.0 Å². The first-order chi connectivity index (χ1) is 13.2. The summed E-state index contributed by atoms with van der Waals surface area (Å²) in [4.78, 5) is 0. The molecule has 0 amide bonds. The summed E-state index contributed by atoms with van der Waals surface area (Å²) < 4.78 is 195. The standard InChI is InChI=1S/C10H9F13O3S.C2H7N/c11-1(3(13)5(15)7(17)18)2(12)4(14)6(16)9(20,21)10(22,23)8(19)27(24,25)26;1-3-2/h1-8H,(H,24,25,26);3H,1-2H3. The van der Waals surface area contributed by atoms with E-state index < -0.39 is 70.9 Å². The van der Waals surface area contributed by atoms with Crippen molar-refractivity contribution in [2.75, 3.05) is 14.1 Å². The molecule has 18 heteroatoms. The average Bonchev–Trinajstić information content (AvgIpc) is 2.63. The predicted molar refractivity (Wildman–Crippen MR) is 76.7 cm³/mol. The van der Waals surface area contributed by atoms with Crippen molar-refractivity contribution in [3.63, 3.8) is 0 Å². The molecule has 2 N–H and O–H groups in total. The van der Waals surface area contributed by atoms with Crippen molar-refractivity contribution in [1.82, 2.24) is 5.32 Å². The van der Waals surface area contributed by atoms with Gasteiger partial charge in [-0.2, -0.15) is 26.0 Å². The van der Waals surface area contributed by atoms with Crippen molar-refractivity contribution in [1.29, 1.82) is 0 Å². The highest BCUT2D eigenvalue weighted by Crippen LogP contribution is 2.45. The highest BCUT2D eigenvalue weighted by Gasteiger charge is 2.72. The van der Waals surface area contributed by atoms with Gasteiger partial charge in [0.2, 0.25) is 6.17 Å². The first kappa shape index (κ1) is 31.1. The zero-order valence-electron chi connectivity index (χ0n) is 14.7. The molecule has 0 saturated carbocycles. The maximum absolute atomic E-state index is 13.2. The Morgan fingerprint density at radius 2 is 0.967 bits per heavy atom. The van der Waals surface area contributed by atoms with Crippen LogP contribution in [0, 0.1) is 0 Å². The highest BCUT2D eigenvalue weighted by molar-refractivity contribution is 7.86. The first-order valence-corrected chi connectivity index (χ1v) is 8.80. The zero-order valence-corrected chi connectivity index (χ0v) is 15.5. The van der Waals surface area contributed by atoms with E-state index in [-0.39, 0.29) is 0 Å². The topological polar surface area (TPSA) is 66.4 Å². The second-order valence-electron chi connectivity index (χ2n) is 5.54. The van der Waals surface area contributed by atoms with Crippen molar-refractivity contribution in [2.45, 2.75) is 60.8 Å². The maximum atomic E-state index is 13.2. The normalized spacial score (nSPS) is 20.4. The molecule has 0 bridgehead atoms. The van der Waals surface area contributed by atoms with E-state index >= 15 is 0 Å². The van der Waals surface area contributed by atoms with Crippen LogP contribution in [0.25, 0.3) is 0 Å². The molecule has 7 atom stereocenters. The minimum Gasteiger partial charge on any atom is -0.323 e. The smallest absolute Gasteiger partial charge is 0.323 e. The molecule has 0 aromatic heterocycles. The summed E-state index contributed by atoms with van der Waals surface area (Å²) in [7, 11) is -2.87. The van der Waals surface area contributed by atoms with Crippen LogP contribution < -0.4 is 5.32 Å². The number of nitrogens with one attached hydrogen (secondary N) is 1. The predicted octanol–water partition coefficient (Wildman–Crippen LogP) is 3.57. The molecule has 0 aliphatic carbocycles. The van der Waals surface area contributed by atoms with Crippen LogP contribution in [-0.4, -0.2) is 87.9 Å². The minimum atomic E-state index is -6.77. The van der Waals surface area contributed by atoms with E-state index in [9.17, 15) is 65.5 Å². The van der Waals surface area contributed by atoms with Gasteiger partial charge in [0.25, 0.3) is 11.9 Å². The first-order valence-electron chi connectivity index (χ1n) is 7.30. The molecule has 0 spiro atoms. The molecule has 4 nitrogen and oxygen atoms in total. The van der Waals surface area contributed by atoms with E-state index in [2.05, 4.69) is 5.32 Å². The quantitative estimate of drug-likeness (QED) is 0.355. The molecule has 184 valence electrons. The molecular weight excluding hydrogens is 485 g/mol. The maximum Gasteiger partial charge on any atom is 0.360 e. The van der Waals surface area contributed by atoms with Gasteiger partial charge in [0.05, 0.1) is 0 Å². The molecule has 0 radical (unpaired) electrons. The summed E-state index contributed by atoms with van der Waals surface area (Å²) in [6, 6.07) is 0. The fourth-order valence-electron chi connectivity index (χ4n) is 1.55.